The van der Waals surface area contributed by atoms with E-state index in [1.807, 2.05) is 0 Å². The number of fused-ring (bicyclic) bond motifs is 4. The lowest BCUT2D eigenvalue weighted by atomic mass is 9.94. The first-order valence-corrected chi connectivity index (χ1v) is 18.4. The van der Waals surface area contributed by atoms with Crippen LogP contribution in [0.5, 0.6) is 0 Å². The van der Waals surface area contributed by atoms with Crippen LogP contribution < -0.4 is 4.90 Å². The van der Waals surface area contributed by atoms with Gasteiger partial charge in [0.05, 0.1) is 16.8 Å². The summed E-state index contributed by atoms with van der Waals surface area (Å²) in [7, 11) is 0. The van der Waals surface area contributed by atoms with Crippen molar-refractivity contribution in [3.63, 3.8) is 0 Å². The fraction of sp³-hybridized carbons (Fsp3) is 0. The Morgan fingerprint density at radius 3 is 1.72 bits per heavy atom. The summed E-state index contributed by atoms with van der Waals surface area (Å²) in [5.74, 6) is 0. The fourth-order valence-corrected chi connectivity index (χ4v) is 7.94. The number of para-hydroxylation sites is 2. The number of hydrogen-bond acceptors (Lipinski definition) is 2. The molecule has 0 saturated carbocycles. The van der Waals surface area contributed by atoms with Gasteiger partial charge in [-0.05, 0) is 86.6 Å². The summed E-state index contributed by atoms with van der Waals surface area (Å²) in [5.41, 5.74) is 14.2. The number of nitrogens with zero attached hydrogens (tertiary/aromatic N) is 1. The van der Waals surface area contributed by atoms with E-state index in [1.54, 1.807) is 0 Å². The van der Waals surface area contributed by atoms with Crippen LogP contribution in [0.2, 0.25) is 0 Å². The van der Waals surface area contributed by atoms with E-state index in [4.69, 9.17) is 4.42 Å². The molecule has 9 aromatic carbocycles. The Balaban J connectivity index is 1.24. The van der Waals surface area contributed by atoms with E-state index in [0.717, 1.165) is 66.8 Å². The Bertz CT molecular complexity index is 2940. The summed E-state index contributed by atoms with van der Waals surface area (Å²) in [4.78, 5) is 2.42. The zero-order valence-corrected chi connectivity index (χ0v) is 29.6. The van der Waals surface area contributed by atoms with Gasteiger partial charge in [-0.2, -0.15) is 0 Å². The van der Waals surface area contributed by atoms with Gasteiger partial charge in [0, 0.05) is 22.2 Å². The zero-order valence-electron chi connectivity index (χ0n) is 29.6. The highest BCUT2D eigenvalue weighted by molar-refractivity contribution is 6.17. The Morgan fingerprint density at radius 2 is 0.926 bits per heavy atom. The van der Waals surface area contributed by atoms with Crippen LogP contribution in [0, 0.1) is 0 Å². The van der Waals surface area contributed by atoms with Gasteiger partial charge in [0.15, 0.2) is 0 Å². The fourth-order valence-electron chi connectivity index (χ4n) is 7.94. The molecule has 0 bridgehead atoms. The predicted octanol–water partition coefficient (Wildman–Crippen LogP) is 14.9. The third kappa shape index (κ3) is 5.53. The second-order valence-corrected chi connectivity index (χ2v) is 13.7. The van der Waals surface area contributed by atoms with Gasteiger partial charge < -0.3 is 9.32 Å². The second-order valence-electron chi connectivity index (χ2n) is 13.7. The molecular formula is C52H35NO. The van der Waals surface area contributed by atoms with Crippen molar-refractivity contribution in [3.8, 4) is 44.5 Å². The molecule has 2 heteroatoms. The third-order valence-corrected chi connectivity index (χ3v) is 10.5. The maximum atomic E-state index is 6.86. The first kappa shape index (κ1) is 31.6. The minimum absolute atomic E-state index is 0.865. The van der Waals surface area contributed by atoms with Crippen LogP contribution in [0.3, 0.4) is 0 Å². The Morgan fingerprint density at radius 1 is 0.333 bits per heavy atom. The van der Waals surface area contributed by atoms with Crippen molar-refractivity contribution in [1.82, 2.24) is 0 Å². The van der Waals surface area contributed by atoms with Crippen molar-refractivity contribution >= 4 is 49.8 Å². The van der Waals surface area contributed by atoms with Crippen LogP contribution in [0.1, 0.15) is 0 Å². The lowest BCUT2D eigenvalue weighted by Gasteiger charge is -2.29. The van der Waals surface area contributed by atoms with Crippen molar-refractivity contribution in [3.05, 3.63) is 212 Å². The molecule has 0 atom stereocenters. The molecule has 0 aliphatic carbocycles. The first-order valence-electron chi connectivity index (χ1n) is 18.4. The Kier molecular flexibility index (Phi) is 7.85. The highest BCUT2D eigenvalue weighted by Crippen LogP contribution is 2.49. The van der Waals surface area contributed by atoms with E-state index in [-0.39, 0.29) is 0 Å². The summed E-state index contributed by atoms with van der Waals surface area (Å²) in [6.07, 6.45) is 0. The van der Waals surface area contributed by atoms with Crippen molar-refractivity contribution in [2.45, 2.75) is 0 Å². The zero-order chi connectivity index (χ0) is 35.8. The number of benzene rings is 9. The van der Waals surface area contributed by atoms with E-state index in [0.29, 0.717) is 0 Å². The van der Waals surface area contributed by atoms with Gasteiger partial charge in [0.1, 0.15) is 11.2 Å². The number of hydrogen-bond donors (Lipinski definition) is 0. The summed E-state index contributed by atoms with van der Waals surface area (Å²) in [6, 6.07) is 75.8. The molecule has 0 spiro atoms. The molecule has 0 radical (unpaired) electrons. The average Bonchev–Trinajstić information content (AvgIpc) is 3.65. The smallest absolute Gasteiger partial charge is 0.145 e. The van der Waals surface area contributed by atoms with Crippen LogP contribution in [0.4, 0.5) is 17.1 Å². The topological polar surface area (TPSA) is 16.4 Å². The minimum Gasteiger partial charge on any atom is -0.455 e. The van der Waals surface area contributed by atoms with Gasteiger partial charge in [-0.15, -0.1) is 0 Å². The first-order chi connectivity index (χ1) is 26.8. The van der Waals surface area contributed by atoms with Crippen molar-refractivity contribution < 1.29 is 4.42 Å². The lowest BCUT2D eigenvalue weighted by Crippen LogP contribution is -2.12. The molecule has 0 aliphatic rings. The van der Waals surface area contributed by atoms with Gasteiger partial charge in [0.25, 0.3) is 0 Å². The third-order valence-electron chi connectivity index (χ3n) is 10.5. The standard InChI is InChI=1S/C52H35NO/c1-3-17-37(18-4-1)43-24-9-10-25-44(43)40-22-15-23-42(35-40)53(48-28-13-11-26-45(48)38-19-5-2-6-20-38)49-33-32-46(41-31-30-36-16-7-8-21-39(36)34-41)52-51(49)47-27-12-14-29-50(47)54-52/h1-35H. The van der Waals surface area contributed by atoms with Gasteiger partial charge in [0.2, 0.25) is 0 Å². The van der Waals surface area contributed by atoms with Gasteiger partial charge in [-0.3, -0.25) is 0 Å². The summed E-state index contributed by atoms with van der Waals surface area (Å²) in [6.45, 7) is 0. The molecule has 254 valence electrons. The van der Waals surface area contributed by atoms with Crippen molar-refractivity contribution in [1.29, 1.82) is 0 Å². The van der Waals surface area contributed by atoms with Crippen molar-refractivity contribution in [2.75, 3.05) is 4.90 Å². The number of anilines is 3. The largest absolute Gasteiger partial charge is 0.455 e. The monoisotopic (exact) mass is 689 g/mol. The molecule has 10 rings (SSSR count). The van der Waals surface area contributed by atoms with Crippen LogP contribution in [-0.4, -0.2) is 0 Å². The molecule has 54 heavy (non-hydrogen) atoms. The summed E-state index contributed by atoms with van der Waals surface area (Å²) in [5, 5.41) is 4.58. The summed E-state index contributed by atoms with van der Waals surface area (Å²) >= 11 is 0. The number of rotatable bonds is 7. The van der Waals surface area contributed by atoms with Gasteiger partial charge >= 0.3 is 0 Å². The average molecular weight is 690 g/mol. The molecule has 10 aromatic rings. The minimum atomic E-state index is 0.865. The maximum absolute atomic E-state index is 6.86. The lowest BCUT2D eigenvalue weighted by molar-refractivity contribution is 0.670. The molecule has 0 aliphatic heterocycles. The van der Waals surface area contributed by atoms with E-state index >= 15 is 0 Å². The van der Waals surface area contributed by atoms with Crippen LogP contribution in [0.25, 0.3) is 77.2 Å². The number of furan rings is 1. The Labute approximate surface area is 314 Å². The second kappa shape index (κ2) is 13.4. The highest BCUT2D eigenvalue weighted by Gasteiger charge is 2.24. The molecule has 0 N–H and O–H groups in total. The van der Waals surface area contributed by atoms with E-state index in [2.05, 4.69) is 217 Å². The molecule has 0 saturated heterocycles. The Hall–Kier alpha value is -7.16. The van der Waals surface area contributed by atoms with E-state index in [9.17, 15) is 0 Å². The van der Waals surface area contributed by atoms with Crippen LogP contribution in [0.15, 0.2) is 217 Å². The molecule has 1 aromatic heterocycles. The van der Waals surface area contributed by atoms with Crippen LogP contribution in [-0.2, 0) is 0 Å². The highest BCUT2D eigenvalue weighted by atomic mass is 16.3. The molecule has 0 fully saturated rings. The van der Waals surface area contributed by atoms with E-state index < -0.39 is 0 Å². The molecule has 0 amide bonds. The van der Waals surface area contributed by atoms with Gasteiger partial charge in [-0.25, -0.2) is 0 Å². The van der Waals surface area contributed by atoms with Gasteiger partial charge in [-0.1, -0.05) is 170 Å². The molecule has 1 heterocycles. The SMILES string of the molecule is c1ccc(-c2ccccc2-c2cccc(N(c3ccccc3-c3ccccc3)c3ccc(-c4ccc5ccccc5c4)c4oc5ccccc5c34)c2)cc1. The van der Waals surface area contributed by atoms with Crippen molar-refractivity contribution in [2.24, 2.45) is 0 Å². The summed E-state index contributed by atoms with van der Waals surface area (Å²) < 4.78 is 6.86. The molecule has 0 unspecified atom stereocenters. The van der Waals surface area contributed by atoms with E-state index in [1.165, 1.54) is 27.5 Å². The maximum Gasteiger partial charge on any atom is 0.145 e. The molecule has 2 nitrogen and oxygen atoms in total. The normalized spacial score (nSPS) is 11.3. The molecular weight excluding hydrogens is 655 g/mol. The quantitative estimate of drug-likeness (QED) is 0.166. The van der Waals surface area contributed by atoms with Crippen LogP contribution >= 0.6 is 0 Å². The predicted molar refractivity (Wildman–Crippen MR) is 228 cm³/mol.